The summed E-state index contributed by atoms with van der Waals surface area (Å²) >= 11 is 0. The standard InChI is InChI=1S/C19H21N5O/c1-24-12-15(11-22-24)19-17(6-7-18(25)23-19)21-10-13-4-5-16-14(9-13)3-2-8-20-16/h2-5,8-9,11-12,17,19,21H,6-7,10H2,1H3,(H,23,25)/t17-,19+/m1/s1. The Labute approximate surface area is 146 Å². The van der Waals surface area contributed by atoms with E-state index in [9.17, 15) is 4.79 Å². The Morgan fingerprint density at radius 1 is 1.36 bits per heavy atom. The minimum Gasteiger partial charge on any atom is -0.348 e. The number of fused-ring (bicyclic) bond motifs is 1. The molecule has 0 bridgehead atoms. The fourth-order valence-electron chi connectivity index (χ4n) is 3.42. The maximum absolute atomic E-state index is 11.8. The predicted molar refractivity (Wildman–Crippen MR) is 95.7 cm³/mol. The molecule has 1 amide bonds. The number of nitrogens with one attached hydrogen (secondary N) is 2. The second kappa shape index (κ2) is 6.64. The third-order valence-electron chi connectivity index (χ3n) is 4.72. The van der Waals surface area contributed by atoms with Crippen LogP contribution in [-0.2, 0) is 18.4 Å². The van der Waals surface area contributed by atoms with E-state index in [1.807, 2.05) is 37.8 Å². The van der Waals surface area contributed by atoms with Crippen molar-refractivity contribution in [3.63, 3.8) is 0 Å². The van der Waals surface area contributed by atoms with Crippen LogP contribution < -0.4 is 10.6 Å². The Morgan fingerprint density at radius 2 is 2.28 bits per heavy atom. The molecule has 6 heteroatoms. The highest BCUT2D eigenvalue weighted by molar-refractivity contribution is 5.79. The van der Waals surface area contributed by atoms with Gasteiger partial charge in [-0.25, -0.2) is 0 Å². The minimum absolute atomic E-state index is 0.0444. The molecule has 0 radical (unpaired) electrons. The van der Waals surface area contributed by atoms with Crippen LogP contribution in [0.2, 0.25) is 0 Å². The first kappa shape index (κ1) is 15.8. The van der Waals surface area contributed by atoms with Crippen molar-refractivity contribution in [2.45, 2.75) is 31.5 Å². The van der Waals surface area contributed by atoms with Gasteiger partial charge >= 0.3 is 0 Å². The van der Waals surface area contributed by atoms with E-state index in [0.29, 0.717) is 6.42 Å². The first-order chi connectivity index (χ1) is 12.2. The predicted octanol–water partition coefficient (Wildman–Crippen LogP) is 2.08. The zero-order chi connectivity index (χ0) is 17.2. The summed E-state index contributed by atoms with van der Waals surface area (Å²) < 4.78 is 1.77. The molecule has 0 unspecified atom stereocenters. The summed E-state index contributed by atoms with van der Waals surface area (Å²) in [5, 5.41) is 12.1. The lowest BCUT2D eigenvalue weighted by Crippen LogP contribution is -2.48. The van der Waals surface area contributed by atoms with Crippen molar-refractivity contribution in [3.8, 4) is 0 Å². The summed E-state index contributed by atoms with van der Waals surface area (Å²) in [5.74, 6) is 0.101. The van der Waals surface area contributed by atoms with Crippen molar-refractivity contribution in [1.29, 1.82) is 0 Å². The van der Waals surface area contributed by atoms with Crippen LogP contribution in [0.4, 0.5) is 0 Å². The van der Waals surface area contributed by atoms with Crippen molar-refractivity contribution < 1.29 is 4.79 Å². The lowest BCUT2D eigenvalue weighted by atomic mass is 9.93. The third kappa shape index (κ3) is 3.39. The van der Waals surface area contributed by atoms with Gasteiger partial charge in [-0.2, -0.15) is 5.10 Å². The van der Waals surface area contributed by atoms with Gasteiger partial charge in [0.15, 0.2) is 0 Å². The molecule has 0 aliphatic carbocycles. The average molecular weight is 335 g/mol. The summed E-state index contributed by atoms with van der Waals surface area (Å²) in [7, 11) is 1.89. The molecule has 1 saturated heterocycles. The van der Waals surface area contributed by atoms with Gasteiger partial charge < -0.3 is 10.6 Å². The number of hydrogen-bond donors (Lipinski definition) is 2. The second-order valence-electron chi connectivity index (χ2n) is 6.55. The van der Waals surface area contributed by atoms with Crippen LogP contribution in [0, 0.1) is 0 Å². The van der Waals surface area contributed by atoms with Gasteiger partial charge in [-0.15, -0.1) is 0 Å². The molecule has 2 aromatic heterocycles. The molecule has 1 aromatic carbocycles. The first-order valence-electron chi connectivity index (χ1n) is 8.54. The van der Waals surface area contributed by atoms with Crippen LogP contribution >= 0.6 is 0 Å². The number of carbonyl (C=O) groups is 1. The highest BCUT2D eigenvalue weighted by Crippen LogP contribution is 2.24. The topological polar surface area (TPSA) is 71.8 Å². The number of hydrogen-bond acceptors (Lipinski definition) is 4. The Kier molecular flexibility index (Phi) is 4.19. The van der Waals surface area contributed by atoms with Crippen LogP contribution in [0.15, 0.2) is 48.9 Å². The van der Waals surface area contributed by atoms with Crippen LogP contribution in [0.5, 0.6) is 0 Å². The summed E-state index contributed by atoms with van der Waals surface area (Å²) in [4.78, 5) is 16.2. The van der Waals surface area contributed by atoms with Gasteiger partial charge in [0.1, 0.15) is 0 Å². The zero-order valence-electron chi connectivity index (χ0n) is 14.1. The van der Waals surface area contributed by atoms with Crippen molar-refractivity contribution >= 4 is 16.8 Å². The van der Waals surface area contributed by atoms with E-state index in [0.717, 1.165) is 29.4 Å². The van der Waals surface area contributed by atoms with Gasteiger partial charge in [0.2, 0.25) is 5.91 Å². The lowest BCUT2D eigenvalue weighted by Gasteiger charge is -2.32. The summed E-state index contributed by atoms with van der Waals surface area (Å²) in [6, 6.07) is 10.5. The maximum atomic E-state index is 11.8. The Morgan fingerprint density at radius 3 is 3.12 bits per heavy atom. The van der Waals surface area contributed by atoms with Gasteiger partial charge in [-0.1, -0.05) is 12.1 Å². The second-order valence-corrected chi connectivity index (χ2v) is 6.55. The van der Waals surface area contributed by atoms with Gasteiger partial charge in [0, 0.05) is 49.4 Å². The third-order valence-corrected chi connectivity index (χ3v) is 4.72. The maximum Gasteiger partial charge on any atom is 0.220 e. The number of aromatic nitrogens is 3. The first-order valence-corrected chi connectivity index (χ1v) is 8.54. The van der Waals surface area contributed by atoms with E-state index in [1.165, 1.54) is 5.56 Å². The van der Waals surface area contributed by atoms with Crippen molar-refractivity contribution in [1.82, 2.24) is 25.4 Å². The molecular weight excluding hydrogens is 314 g/mol. The Hall–Kier alpha value is -2.73. The number of pyridine rings is 1. The van der Waals surface area contributed by atoms with Gasteiger partial charge in [-0.05, 0) is 30.2 Å². The van der Waals surface area contributed by atoms with Crippen LogP contribution in [-0.4, -0.2) is 26.7 Å². The largest absolute Gasteiger partial charge is 0.348 e. The van der Waals surface area contributed by atoms with Crippen LogP contribution in [0.3, 0.4) is 0 Å². The molecule has 1 aliphatic heterocycles. The molecule has 6 nitrogen and oxygen atoms in total. The molecule has 2 atom stereocenters. The van der Waals surface area contributed by atoms with E-state index in [1.54, 1.807) is 4.68 Å². The fraction of sp³-hybridized carbons (Fsp3) is 0.316. The minimum atomic E-state index is -0.0444. The molecule has 3 heterocycles. The van der Waals surface area contributed by atoms with E-state index >= 15 is 0 Å². The number of nitrogens with zero attached hydrogens (tertiary/aromatic N) is 3. The van der Waals surface area contributed by atoms with Gasteiger partial charge in [0.25, 0.3) is 0 Å². The Bertz CT molecular complexity index is 903. The molecule has 1 fully saturated rings. The van der Waals surface area contributed by atoms with Crippen LogP contribution in [0.1, 0.15) is 30.0 Å². The highest BCUT2D eigenvalue weighted by Gasteiger charge is 2.30. The Balaban J connectivity index is 1.50. The molecule has 0 saturated carbocycles. The van der Waals surface area contributed by atoms with E-state index in [-0.39, 0.29) is 18.0 Å². The molecule has 25 heavy (non-hydrogen) atoms. The molecule has 3 aromatic rings. The molecule has 4 rings (SSSR count). The van der Waals surface area contributed by atoms with Gasteiger partial charge in [-0.3, -0.25) is 14.5 Å². The van der Waals surface area contributed by atoms with Crippen molar-refractivity contribution in [3.05, 3.63) is 60.0 Å². The number of benzene rings is 1. The number of aryl methyl sites for hydroxylation is 1. The monoisotopic (exact) mass is 335 g/mol. The molecule has 2 N–H and O–H groups in total. The van der Waals surface area contributed by atoms with E-state index in [4.69, 9.17) is 0 Å². The quantitative estimate of drug-likeness (QED) is 0.766. The zero-order valence-corrected chi connectivity index (χ0v) is 14.1. The van der Waals surface area contributed by atoms with E-state index < -0.39 is 0 Å². The van der Waals surface area contributed by atoms with Crippen molar-refractivity contribution in [2.75, 3.05) is 0 Å². The smallest absolute Gasteiger partial charge is 0.220 e. The molecule has 0 spiro atoms. The average Bonchev–Trinajstić information content (AvgIpc) is 3.07. The molecular formula is C19H21N5O. The number of carbonyl (C=O) groups excluding carboxylic acids is 1. The van der Waals surface area contributed by atoms with Gasteiger partial charge in [0.05, 0.1) is 17.8 Å². The number of rotatable bonds is 4. The fourth-order valence-corrected chi connectivity index (χ4v) is 3.42. The van der Waals surface area contributed by atoms with Crippen LogP contribution in [0.25, 0.3) is 10.9 Å². The number of piperidine rings is 1. The summed E-state index contributed by atoms with van der Waals surface area (Å²) in [5.41, 5.74) is 3.25. The molecule has 128 valence electrons. The van der Waals surface area contributed by atoms with E-state index in [2.05, 4.69) is 38.9 Å². The lowest BCUT2D eigenvalue weighted by molar-refractivity contribution is -0.123. The summed E-state index contributed by atoms with van der Waals surface area (Å²) in [6.07, 6.45) is 6.97. The number of amides is 1. The SMILES string of the molecule is Cn1cc([C@@H]2NC(=O)CC[C@H]2NCc2ccc3ncccc3c2)cn1. The molecule has 1 aliphatic rings. The van der Waals surface area contributed by atoms with Crippen molar-refractivity contribution in [2.24, 2.45) is 7.05 Å². The normalized spacial score (nSPS) is 20.6. The summed E-state index contributed by atoms with van der Waals surface area (Å²) in [6.45, 7) is 0.752. The highest BCUT2D eigenvalue weighted by atomic mass is 16.1.